The molecule has 1 aliphatic carbocycles. The van der Waals surface area contributed by atoms with Gasteiger partial charge in [-0.15, -0.1) is 12.4 Å². The summed E-state index contributed by atoms with van der Waals surface area (Å²) < 4.78 is 17.1. The number of benzene rings is 1. The Labute approximate surface area is 160 Å². The van der Waals surface area contributed by atoms with Crippen molar-refractivity contribution in [2.75, 3.05) is 19.8 Å². The van der Waals surface area contributed by atoms with E-state index in [0.717, 1.165) is 55.6 Å². The van der Waals surface area contributed by atoms with Crippen LogP contribution in [0.15, 0.2) is 18.2 Å². The smallest absolute Gasteiger partial charge is 0.249 e. The molecule has 0 aromatic heterocycles. The lowest BCUT2D eigenvalue weighted by Gasteiger charge is -2.33. The number of nitrogens with one attached hydrogen (secondary N) is 1. The van der Waals surface area contributed by atoms with Crippen molar-refractivity contribution in [1.29, 1.82) is 0 Å². The Hall–Kier alpha value is -1.50. The minimum absolute atomic E-state index is 0. The summed E-state index contributed by atoms with van der Waals surface area (Å²) in [6, 6.07) is 6.03. The first-order valence-electron chi connectivity index (χ1n) is 9.28. The van der Waals surface area contributed by atoms with Crippen LogP contribution in [0.2, 0.25) is 0 Å². The standard InChI is InChI=1S/C19H26N2O4.ClH/c20-12-14-4-6-16(25-14)18(22)21-19(7-1-2-8-19)13-3-5-15-17(11-13)24-10-9-23-15;/h3,5,11,14,16H,1-2,4,6-10,12,20H2,(H,21,22);1H/t14-,16+;/m1./s1. The van der Waals surface area contributed by atoms with Crippen molar-refractivity contribution >= 4 is 18.3 Å². The number of hydrogen-bond donors (Lipinski definition) is 2. The molecule has 0 spiro atoms. The zero-order valence-corrected chi connectivity index (χ0v) is 15.7. The van der Waals surface area contributed by atoms with E-state index in [2.05, 4.69) is 11.4 Å². The minimum atomic E-state index is -0.386. The molecule has 1 aromatic carbocycles. The summed E-state index contributed by atoms with van der Waals surface area (Å²) in [4.78, 5) is 12.8. The fraction of sp³-hybridized carbons (Fsp3) is 0.632. The highest BCUT2D eigenvalue weighted by atomic mass is 35.5. The Morgan fingerprint density at radius 2 is 1.88 bits per heavy atom. The number of amides is 1. The van der Waals surface area contributed by atoms with Gasteiger partial charge in [-0.25, -0.2) is 0 Å². The van der Waals surface area contributed by atoms with Gasteiger partial charge in [-0.05, 0) is 43.4 Å². The van der Waals surface area contributed by atoms with Crippen LogP contribution in [0.1, 0.15) is 44.1 Å². The fourth-order valence-corrected chi connectivity index (χ4v) is 4.19. The van der Waals surface area contributed by atoms with E-state index in [1.165, 1.54) is 0 Å². The highest BCUT2D eigenvalue weighted by Gasteiger charge is 2.40. The molecular weight excluding hydrogens is 356 g/mol. The summed E-state index contributed by atoms with van der Waals surface area (Å²) in [5.74, 6) is 1.52. The summed E-state index contributed by atoms with van der Waals surface area (Å²) >= 11 is 0. The van der Waals surface area contributed by atoms with Gasteiger partial charge in [0.15, 0.2) is 11.5 Å². The number of nitrogens with two attached hydrogens (primary N) is 1. The molecule has 144 valence electrons. The molecule has 2 aliphatic heterocycles. The third-order valence-electron chi connectivity index (χ3n) is 5.58. The first kappa shape index (κ1) is 19.3. The van der Waals surface area contributed by atoms with Gasteiger partial charge in [0.2, 0.25) is 5.91 Å². The van der Waals surface area contributed by atoms with Crippen LogP contribution >= 0.6 is 12.4 Å². The van der Waals surface area contributed by atoms with Gasteiger partial charge in [0, 0.05) is 6.54 Å². The largest absolute Gasteiger partial charge is 0.486 e. The normalized spacial score (nSPS) is 26.2. The fourth-order valence-electron chi connectivity index (χ4n) is 4.19. The van der Waals surface area contributed by atoms with Crippen LogP contribution in [-0.4, -0.2) is 37.9 Å². The Bertz CT molecular complexity index is 648. The molecule has 1 saturated carbocycles. The summed E-state index contributed by atoms with van der Waals surface area (Å²) in [5, 5.41) is 3.30. The summed E-state index contributed by atoms with van der Waals surface area (Å²) in [6.07, 6.45) is 5.29. The number of fused-ring (bicyclic) bond motifs is 1. The molecule has 2 fully saturated rings. The second-order valence-electron chi connectivity index (χ2n) is 7.20. The van der Waals surface area contributed by atoms with E-state index in [1.807, 2.05) is 12.1 Å². The lowest BCUT2D eigenvalue weighted by molar-refractivity contribution is -0.134. The second kappa shape index (κ2) is 8.03. The van der Waals surface area contributed by atoms with Crippen molar-refractivity contribution in [1.82, 2.24) is 5.32 Å². The van der Waals surface area contributed by atoms with Crippen molar-refractivity contribution in [3.63, 3.8) is 0 Å². The molecule has 0 bridgehead atoms. The number of ether oxygens (including phenoxy) is 3. The van der Waals surface area contributed by atoms with Gasteiger partial charge >= 0.3 is 0 Å². The van der Waals surface area contributed by atoms with Crippen LogP contribution in [0.5, 0.6) is 11.5 Å². The van der Waals surface area contributed by atoms with Crippen molar-refractivity contribution in [2.45, 2.75) is 56.3 Å². The van der Waals surface area contributed by atoms with Gasteiger partial charge in [-0.1, -0.05) is 18.9 Å². The monoisotopic (exact) mass is 382 g/mol. The number of carbonyl (C=O) groups is 1. The maximum absolute atomic E-state index is 12.8. The van der Waals surface area contributed by atoms with Gasteiger partial charge < -0.3 is 25.3 Å². The molecule has 7 heteroatoms. The summed E-state index contributed by atoms with van der Waals surface area (Å²) in [7, 11) is 0. The lowest BCUT2D eigenvalue weighted by Crippen LogP contribution is -2.48. The molecule has 1 aromatic rings. The van der Waals surface area contributed by atoms with Crippen LogP contribution in [-0.2, 0) is 15.1 Å². The summed E-state index contributed by atoms with van der Waals surface area (Å²) in [5.41, 5.74) is 6.42. The molecule has 2 heterocycles. The molecule has 0 unspecified atom stereocenters. The Morgan fingerprint density at radius 1 is 1.15 bits per heavy atom. The van der Waals surface area contributed by atoms with Crippen molar-refractivity contribution in [2.24, 2.45) is 5.73 Å². The third-order valence-corrected chi connectivity index (χ3v) is 5.58. The average Bonchev–Trinajstić information content (AvgIpc) is 3.31. The van der Waals surface area contributed by atoms with Crippen molar-refractivity contribution < 1.29 is 19.0 Å². The van der Waals surface area contributed by atoms with Gasteiger partial charge in [-0.3, -0.25) is 4.79 Å². The van der Waals surface area contributed by atoms with E-state index in [0.29, 0.717) is 19.8 Å². The van der Waals surface area contributed by atoms with E-state index >= 15 is 0 Å². The van der Waals surface area contributed by atoms with E-state index in [-0.39, 0.29) is 36.1 Å². The second-order valence-corrected chi connectivity index (χ2v) is 7.20. The third kappa shape index (κ3) is 3.63. The van der Waals surface area contributed by atoms with Crippen molar-refractivity contribution in [3.8, 4) is 11.5 Å². The van der Waals surface area contributed by atoms with E-state index in [4.69, 9.17) is 19.9 Å². The zero-order chi connectivity index (χ0) is 17.3. The maximum atomic E-state index is 12.8. The number of halogens is 1. The molecule has 3 aliphatic rings. The highest BCUT2D eigenvalue weighted by Crippen LogP contribution is 2.42. The van der Waals surface area contributed by atoms with E-state index < -0.39 is 0 Å². The van der Waals surface area contributed by atoms with Crippen LogP contribution in [0, 0.1) is 0 Å². The summed E-state index contributed by atoms with van der Waals surface area (Å²) in [6.45, 7) is 1.61. The molecular formula is C19H27ClN2O4. The molecule has 6 nitrogen and oxygen atoms in total. The predicted octanol–water partition coefficient (Wildman–Crippen LogP) is 2.27. The van der Waals surface area contributed by atoms with Gasteiger partial charge in [0.1, 0.15) is 19.3 Å². The molecule has 0 radical (unpaired) electrons. The molecule has 1 amide bonds. The number of hydrogen-bond acceptors (Lipinski definition) is 5. The highest BCUT2D eigenvalue weighted by molar-refractivity contribution is 5.85. The minimum Gasteiger partial charge on any atom is -0.486 e. The average molecular weight is 383 g/mol. The molecule has 2 atom stereocenters. The maximum Gasteiger partial charge on any atom is 0.249 e. The van der Waals surface area contributed by atoms with E-state index in [1.54, 1.807) is 0 Å². The molecule has 4 rings (SSSR count). The van der Waals surface area contributed by atoms with Crippen LogP contribution in [0.3, 0.4) is 0 Å². The number of carbonyl (C=O) groups excluding carboxylic acids is 1. The molecule has 26 heavy (non-hydrogen) atoms. The quantitative estimate of drug-likeness (QED) is 0.834. The zero-order valence-electron chi connectivity index (χ0n) is 14.9. The van der Waals surface area contributed by atoms with Gasteiger partial charge in [0.25, 0.3) is 0 Å². The van der Waals surface area contributed by atoms with Crippen LogP contribution in [0.25, 0.3) is 0 Å². The Balaban J connectivity index is 0.00000196. The van der Waals surface area contributed by atoms with Gasteiger partial charge in [0.05, 0.1) is 11.6 Å². The first-order chi connectivity index (χ1) is 12.2. The topological polar surface area (TPSA) is 82.8 Å². The predicted molar refractivity (Wildman–Crippen MR) is 99.9 cm³/mol. The first-order valence-corrected chi connectivity index (χ1v) is 9.28. The SMILES string of the molecule is Cl.NC[C@H]1CC[C@@H](C(=O)NC2(c3ccc4c(c3)OCCO4)CCCC2)O1. The lowest BCUT2D eigenvalue weighted by atomic mass is 9.87. The van der Waals surface area contributed by atoms with Crippen molar-refractivity contribution in [3.05, 3.63) is 23.8 Å². The van der Waals surface area contributed by atoms with Gasteiger partial charge in [-0.2, -0.15) is 0 Å². The van der Waals surface area contributed by atoms with E-state index in [9.17, 15) is 4.79 Å². The van der Waals surface area contributed by atoms with Crippen LogP contribution < -0.4 is 20.5 Å². The Morgan fingerprint density at radius 3 is 2.58 bits per heavy atom. The molecule has 1 saturated heterocycles. The Kier molecular flexibility index (Phi) is 5.95. The molecule has 3 N–H and O–H groups in total. The number of rotatable bonds is 4. The van der Waals surface area contributed by atoms with Crippen LogP contribution in [0.4, 0.5) is 0 Å².